The van der Waals surface area contributed by atoms with Gasteiger partial charge in [-0.05, 0) is 23.6 Å². The van der Waals surface area contributed by atoms with Gasteiger partial charge in [0.2, 0.25) is 0 Å². The number of carbonyl (C=O) groups is 1. The van der Waals surface area contributed by atoms with E-state index in [4.69, 9.17) is 5.73 Å². The topological polar surface area (TPSA) is 68.0 Å². The first-order valence-electron chi connectivity index (χ1n) is 5.75. The van der Waals surface area contributed by atoms with Gasteiger partial charge in [-0.1, -0.05) is 17.9 Å². The van der Waals surface area contributed by atoms with Crippen molar-refractivity contribution in [3.63, 3.8) is 0 Å². The summed E-state index contributed by atoms with van der Waals surface area (Å²) in [5, 5.41) is 4.79. The highest BCUT2D eigenvalue weighted by Crippen LogP contribution is 2.08. The lowest BCUT2D eigenvalue weighted by molar-refractivity contribution is 0.0946. The van der Waals surface area contributed by atoms with Crippen LogP contribution in [0.25, 0.3) is 0 Å². The van der Waals surface area contributed by atoms with Crippen molar-refractivity contribution in [2.75, 3.05) is 6.54 Å². The van der Waals surface area contributed by atoms with Crippen LogP contribution in [-0.4, -0.2) is 17.4 Å². The van der Waals surface area contributed by atoms with Gasteiger partial charge in [0.1, 0.15) is 5.69 Å². The van der Waals surface area contributed by atoms with Gasteiger partial charge in [0.25, 0.3) is 5.91 Å². The zero-order valence-corrected chi connectivity index (χ0v) is 11.0. The first kappa shape index (κ1) is 13.3. The van der Waals surface area contributed by atoms with E-state index in [0.717, 1.165) is 10.4 Å². The van der Waals surface area contributed by atoms with Crippen LogP contribution in [0.3, 0.4) is 0 Å². The Bertz CT molecular complexity index is 594. The van der Waals surface area contributed by atoms with E-state index in [2.05, 4.69) is 22.1 Å². The maximum atomic E-state index is 11.8. The molecule has 0 unspecified atom stereocenters. The molecule has 0 bridgehead atoms. The first-order chi connectivity index (χ1) is 9.29. The van der Waals surface area contributed by atoms with E-state index >= 15 is 0 Å². The molecular formula is C14H13N3OS. The van der Waals surface area contributed by atoms with Crippen molar-refractivity contribution < 1.29 is 4.79 Å². The molecule has 2 rings (SSSR count). The predicted octanol–water partition coefficient (Wildman–Crippen LogP) is 1.38. The maximum absolute atomic E-state index is 11.8. The van der Waals surface area contributed by atoms with Gasteiger partial charge in [-0.15, -0.1) is 11.3 Å². The number of hydrogen-bond acceptors (Lipinski definition) is 4. The van der Waals surface area contributed by atoms with Crippen LogP contribution in [0.2, 0.25) is 0 Å². The molecule has 0 aliphatic rings. The summed E-state index contributed by atoms with van der Waals surface area (Å²) in [6.45, 7) is 0.829. The molecular weight excluding hydrogens is 258 g/mol. The zero-order valence-electron chi connectivity index (χ0n) is 10.2. The predicted molar refractivity (Wildman–Crippen MR) is 75.7 cm³/mol. The van der Waals surface area contributed by atoms with Crippen molar-refractivity contribution in [1.29, 1.82) is 0 Å². The van der Waals surface area contributed by atoms with Gasteiger partial charge in [0, 0.05) is 16.6 Å². The number of aromatic nitrogens is 1. The number of thiophene rings is 1. The minimum atomic E-state index is -0.188. The summed E-state index contributed by atoms with van der Waals surface area (Å²) in [6.07, 6.45) is 1.57. The van der Waals surface area contributed by atoms with Gasteiger partial charge in [-0.3, -0.25) is 4.79 Å². The van der Waals surface area contributed by atoms with Crippen LogP contribution in [0, 0.1) is 11.8 Å². The Balaban J connectivity index is 1.95. The molecule has 0 aliphatic heterocycles. The molecule has 2 aromatic rings. The molecule has 96 valence electrons. The van der Waals surface area contributed by atoms with Crippen LogP contribution in [0.4, 0.5) is 0 Å². The lowest BCUT2D eigenvalue weighted by atomic mass is 10.2. The van der Waals surface area contributed by atoms with Crippen LogP contribution in [0.1, 0.15) is 20.9 Å². The molecule has 0 saturated carbocycles. The second-order valence-electron chi connectivity index (χ2n) is 3.70. The van der Waals surface area contributed by atoms with Crippen LogP contribution in [-0.2, 0) is 6.54 Å². The molecule has 0 atom stereocenters. The summed E-state index contributed by atoms with van der Waals surface area (Å²) >= 11 is 1.61. The van der Waals surface area contributed by atoms with Crippen molar-refractivity contribution in [2.45, 2.75) is 6.54 Å². The molecule has 0 fully saturated rings. The van der Waals surface area contributed by atoms with Gasteiger partial charge in [0.15, 0.2) is 0 Å². The molecule has 2 aromatic heterocycles. The fourth-order valence-electron chi connectivity index (χ4n) is 1.43. The fourth-order valence-corrected chi connectivity index (χ4v) is 2.07. The van der Waals surface area contributed by atoms with E-state index in [1.165, 1.54) is 0 Å². The summed E-state index contributed by atoms with van der Waals surface area (Å²) in [6, 6.07) is 7.35. The number of carbonyl (C=O) groups excluding carboxylic acids is 1. The fraction of sp³-hybridized carbons (Fsp3) is 0.143. The molecule has 0 spiro atoms. The highest BCUT2D eigenvalue weighted by Gasteiger charge is 2.06. The van der Waals surface area contributed by atoms with E-state index in [0.29, 0.717) is 18.8 Å². The van der Waals surface area contributed by atoms with Gasteiger partial charge in [-0.2, -0.15) is 0 Å². The molecule has 3 N–H and O–H groups in total. The van der Waals surface area contributed by atoms with E-state index in [9.17, 15) is 4.79 Å². The summed E-state index contributed by atoms with van der Waals surface area (Å²) < 4.78 is 0. The molecule has 19 heavy (non-hydrogen) atoms. The monoisotopic (exact) mass is 271 g/mol. The third kappa shape index (κ3) is 3.91. The number of rotatable bonds is 3. The van der Waals surface area contributed by atoms with E-state index in [1.54, 1.807) is 29.7 Å². The standard InChI is InChI=1S/C14H13N3OS/c15-7-1-3-11-5-6-13(16-9-11)14(18)17-10-12-4-2-8-19-12/h2,4-6,8-9H,7,10,15H2,(H,17,18). The third-order valence-electron chi connectivity index (χ3n) is 2.33. The number of nitrogens with two attached hydrogens (primary N) is 1. The average molecular weight is 271 g/mol. The summed E-state index contributed by atoms with van der Waals surface area (Å²) in [7, 11) is 0. The minimum Gasteiger partial charge on any atom is -0.346 e. The number of hydrogen-bond donors (Lipinski definition) is 2. The van der Waals surface area contributed by atoms with E-state index in [1.807, 2.05) is 17.5 Å². The Labute approximate surface area is 115 Å². The maximum Gasteiger partial charge on any atom is 0.270 e. The molecule has 0 saturated heterocycles. The van der Waals surface area contributed by atoms with Gasteiger partial charge in [-0.25, -0.2) is 4.98 Å². The Morgan fingerprint density at radius 2 is 2.32 bits per heavy atom. The van der Waals surface area contributed by atoms with Crippen LogP contribution >= 0.6 is 11.3 Å². The molecule has 4 nitrogen and oxygen atoms in total. The largest absolute Gasteiger partial charge is 0.346 e. The summed E-state index contributed by atoms with van der Waals surface area (Å²) in [5.74, 6) is 5.40. The van der Waals surface area contributed by atoms with Gasteiger partial charge in [0.05, 0.1) is 13.1 Å². The summed E-state index contributed by atoms with van der Waals surface area (Å²) in [5.41, 5.74) is 6.42. The van der Waals surface area contributed by atoms with Crippen molar-refractivity contribution >= 4 is 17.2 Å². The molecule has 0 radical (unpaired) electrons. The molecule has 2 heterocycles. The smallest absolute Gasteiger partial charge is 0.270 e. The lowest BCUT2D eigenvalue weighted by Gasteiger charge is -2.02. The normalized spacial score (nSPS) is 9.53. The minimum absolute atomic E-state index is 0.188. The van der Waals surface area contributed by atoms with Crippen molar-refractivity contribution in [3.8, 4) is 11.8 Å². The van der Waals surface area contributed by atoms with Crippen molar-refractivity contribution in [1.82, 2.24) is 10.3 Å². The molecule has 1 amide bonds. The van der Waals surface area contributed by atoms with Crippen molar-refractivity contribution in [3.05, 3.63) is 52.0 Å². The first-order valence-corrected chi connectivity index (χ1v) is 6.63. The zero-order chi connectivity index (χ0) is 13.5. The Kier molecular flexibility index (Phi) is 4.67. The number of amides is 1. The van der Waals surface area contributed by atoms with Crippen LogP contribution in [0.15, 0.2) is 35.8 Å². The second kappa shape index (κ2) is 6.69. The van der Waals surface area contributed by atoms with Crippen LogP contribution in [0.5, 0.6) is 0 Å². The van der Waals surface area contributed by atoms with Crippen LogP contribution < -0.4 is 11.1 Å². The molecule has 0 aliphatic carbocycles. The van der Waals surface area contributed by atoms with Gasteiger partial charge >= 0.3 is 0 Å². The number of pyridine rings is 1. The van der Waals surface area contributed by atoms with Crippen molar-refractivity contribution in [2.24, 2.45) is 5.73 Å². The highest BCUT2D eigenvalue weighted by atomic mass is 32.1. The highest BCUT2D eigenvalue weighted by molar-refractivity contribution is 7.09. The number of nitrogens with zero attached hydrogens (tertiary/aromatic N) is 1. The quantitative estimate of drug-likeness (QED) is 0.829. The molecule has 5 heteroatoms. The average Bonchev–Trinajstić information content (AvgIpc) is 2.96. The second-order valence-corrected chi connectivity index (χ2v) is 4.73. The van der Waals surface area contributed by atoms with E-state index < -0.39 is 0 Å². The lowest BCUT2D eigenvalue weighted by Crippen LogP contribution is -2.23. The third-order valence-corrected chi connectivity index (χ3v) is 3.21. The number of nitrogens with one attached hydrogen (secondary N) is 1. The SMILES string of the molecule is NCC#Cc1ccc(C(=O)NCc2cccs2)nc1. The van der Waals surface area contributed by atoms with Gasteiger partial charge < -0.3 is 11.1 Å². The Morgan fingerprint density at radius 3 is 2.95 bits per heavy atom. The van der Waals surface area contributed by atoms with E-state index in [-0.39, 0.29) is 5.91 Å². The molecule has 0 aromatic carbocycles. The Hall–Kier alpha value is -2.16. The summed E-state index contributed by atoms with van der Waals surface area (Å²) in [4.78, 5) is 17.0. The Morgan fingerprint density at radius 1 is 1.42 bits per heavy atom.